The molecule has 0 atom stereocenters. The van der Waals surface area contributed by atoms with Crippen molar-refractivity contribution in [1.29, 1.82) is 0 Å². The molecule has 1 aromatic heterocycles. The fourth-order valence-corrected chi connectivity index (χ4v) is 4.64. The molecular formula is C24H27F2N3O3. The maximum atomic E-state index is 14.1. The van der Waals surface area contributed by atoms with Crippen LogP contribution in [0, 0.1) is 0 Å². The summed E-state index contributed by atoms with van der Waals surface area (Å²) in [7, 11) is 1.64. The average Bonchev–Trinajstić information content (AvgIpc) is 3.12. The summed E-state index contributed by atoms with van der Waals surface area (Å²) in [5.74, 6) is -3.21. The second kappa shape index (κ2) is 8.86. The first-order chi connectivity index (χ1) is 15.4. The lowest BCUT2D eigenvalue weighted by atomic mass is 10.0. The van der Waals surface area contributed by atoms with Gasteiger partial charge in [-0.05, 0) is 30.4 Å². The van der Waals surface area contributed by atoms with E-state index in [9.17, 15) is 18.4 Å². The van der Waals surface area contributed by atoms with Crippen LogP contribution in [0.5, 0.6) is 0 Å². The van der Waals surface area contributed by atoms with Crippen molar-refractivity contribution in [2.24, 2.45) is 0 Å². The van der Waals surface area contributed by atoms with E-state index in [0.29, 0.717) is 54.0 Å². The van der Waals surface area contributed by atoms with Crippen molar-refractivity contribution in [2.45, 2.75) is 44.2 Å². The second-order valence-electron chi connectivity index (χ2n) is 8.17. The Kier molecular flexibility index (Phi) is 6.15. The molecule has 0 radical (unpaired) electrons. The van der Waals surface area contributed by atoms with Crippen LogP contribution in [-0.2, 0) is 23.6 Å². The molecule has 0 bridgehead atoms. The van der Waals surface area contributed by atoms with Gasteiger partial charge in [-0.1, -0.05) is 30.9 Å². The van der Waals surface area contributed by atoms with Gasteiger partial charge in [0.2, 0.25) is 0 Å². The lowest BCUT2D eigenvalue weighted by Crippen LogP contribution is -2.33. The third-order valence-electron chi connectivity index (χ3n) is 6.35. The van der Waals surface area contributed by atoms with Gasteiger partial charge in [-0.3, -0.25) is 9.59 Å². The Bertz CT molecular complexity index is 1100. The summed E-state index contributed by atoms with van der Waals surface area (Å²) in [5, 5.41) is 5.80. The predicted octanol–water partition coefficient (Wildman–Crippen LogP) is 3.85. The Hall–Kier alpha value is -3.00. The van der Waals surface area contributed by atoms with E-state index in [-0.39, 0.29) is 42.5 Å². The molecule has 32 heavy (non-hydrogen) atoms. The van der Waals surface area contributed by atoms with Crippen LogP contribution in [0.25, 0.3) is 6.08 Å². The summed E-state index contributed by atoms with van der Waals surface area (Å²) in [6.07, 6.45) is 4.46. The molecule has 0 spiro atoms. The van der Waals surface area contributed by atoms with E-state index in [1.807, 2.05) is 0 Å². The second-order valence-corrected chi connectivity index (χ2v) is 8.17. The molecule has 2 aromatic rings. The van der Waals surface area contributed by atoms with E-state index in [4.69, 9.17) is 4.74 Å². The van der Waals surface area contributed by atoms with E-state index in [1.165, 1.54) is 12.1 Å². The van der Waals surface area contributed by atoms with Crippen LogP contribution in [0.3, 0.4) is 0 Å². The first-order valence-corrected chi connectivity index (χ1v) is 10.8. The van der Waals surface area contributed by atoms with Crippen LogP contribution in [0.15, 0.2) is 35.8 Å². The largest absolute Gasteiger partial charge is 0.387 e. The normalized spacial score (nSPS) is 17.6. The highest BCUT2D eigenvalue weighted by atomic mass is 19.3. The van der Waals surface area contributed by atoms with Crippen molar-refractivity contribution in [3.05, 3.63) is 69.1 Å². The van der Waals surface area contributed by atoms with Crippen molar-refractivity contribution < 1.29 is 18.3 Å². The van der Waals surface area contributed by atoms with Gasteiger partial charge in [0.25, 0.3) is 17.4 Å². The molecule has 8 heteroatoms. The van der Waals surface area contributed by atoms with Crippen molar-refractivity contribution >= 4 is 17.7 Å². The lowest BCUT2D eigenvalue weighted by Gasteiger charge is -2.26. The number of rotatable bonds is 6. The number of pyridine rings is 1. The monoisotopic (exact) mass is 443 g/mol. The minimum atomic E-state index is -2.83. The van der Waals surface area contributed by atoms with Gasteiger partial charge in [0.1, 0.15) is 0 Å². The van der Waals surface area contributed by atoms with Gasteiger partial charge in [0.05, 0.1) is 16.8 Å². The van der Waals surface area contributed by atoms with Crippen LogP contribution < -0.4 is 16.2 Å². The molecule has 2 N–H and O–H groups in total. The first-order valence-electron chi connectivity index (χ1n) is 10.8. The number of anilines is 1. The summed E-state index contributed by atoms with van der Waals surface area (Å²) >= 11 is 0. The third kappa shape index (κ3) is 3.95. The molecule has 1 saturated heterocycles. The average molecular weight is 443 g/mol. The van der Waals surface area contributed by atoms with Gasteiger partial charge in [-0.25, -0.2) is 8.78 Å². The van der Waals surface area contributed by atoms with Gasteiger partial charge in [-0.15, -0.1) is 0 Å². The summed E-state index contributed by atoms with van der Waals surface area (Å²) in [4.78, 5) is 26.2. The summed E-state index contributed by atoms with van der Waals surface area (Å²) in [5.41, 5.74) is 2.15. The number of fused-ring (bicyclic) bond motifs is 1. The number of amides is 1. The molecule has 6 nitrogen and oxygen atoms in total. The Balaban J connectivity index is 1.64. The number of benzene rings is 1. The molecule has 4 rings (SSSR count). The fraction of sp³-hybridized carbons (Fsp3) is 0.417. The van der Waals surface area contributed by atoms with E-state index in [2.05, 4.69) is 17.2 Å². The Labute approximate surface area is 185 Å². The van der Waals surface area contributed by atoms with Gasteiger partial charge >= 0.3 is 0 Å². The van der Waals surface area contributed by atoms with E-state index in [0.717, 1.165) is 0 Å². The molecule has 1 fully saturated rings. The minimum absolute atomic E-state index is 0.0437. The third-order valence-corrected chi connectivity index (χ3v) is 6.35. The number of nitrogens with zero attached hydrogens (tertiary/aromatic N) is 1. The van der Waals surface area contributed by atoms with Crippen molar-refractivity contribution in [3.8, 4) is 0 Å². The van der Waals surface area contributed by atoms with Crippen molar-refractivity contribution in [1.82, 2.24) is 9.88 Å². The van der Waals surface area contributed by atoms with Gasteiger partial charge in [-0.2, -0.15) is 0 Å². The molecule has 2 heterocycles. The van der Waals surface area contributed by atoms with E-state index in [1.54, 1.807) is 29.9 Å². The highest BCUT2D eigenvalue weighted by Gasteiger charge is 2.39. The van der Waals surface area contributed by atoms with Crippen LogP contribution in [0.1, 0.15) is 57.9 Å². The summed E-state index contributed by atoms with van der Waals surface area (Å²) in [6, 6.07) is 4.75. The number of ether oxygens (including phenoxy) is 1. The van der Waals surface area contributed by atoms with E-state index >= 15 is 0 Å². The van der Waals surface area contributed by atoms with Gasteiger partial charge in [0.15, 0.2) is 0 Å². The number of aromatic nitrogens is 1. The molecule has 1 aliphatic carbocycles. The van der Waals surface area contributed by atoms with Crippen LogP contribution >= 0.6 is 0 Å². The lowest BCUT2D eigenvalue weighted by molar-refractivity contribution is -0.00185. The number of hydrogen-bond donors (Lipinski definition) is 2. The van der Waals surface area contributed by atoms with Crippen LogP contribution in [0.2, 0.25) is 0 Å². The Morgan fingerprint density at radius 1 is 1.34 bits per heavy atom. The number of halogens is 2. The summed E-state index contributed by atoms with van der Waals surface area (Å²) < 4.78 is 35.1. The topological polar surface area (TPSA) is 72.4 Å². The highest BCUT2D eigenvalue weighted by Crippen LogP contribution is 2.42. The molecular weight excluding hydrogens is 416 g/mol. The SMILES string of the molecule is C=Cc1c(NC)c(C(=O)NCc2cccc3c2CCC3(F)F)cn(C2CCOCC2)c1=O. The number of carbonyl (C=O) groups excluding carboxylic acids is 1. The predicted molar refractivity (Wildman–Crippen MR) is 119 cm³/mol. The summed E-state index contributed by atoms with van der Waals surface area (Å²) in [6.45, 7) is 4.99. The quantitative estimate of drug-likeness (QED) is 0.711. The van der Waals surface area contributed by atoms with Gasteiger partial charge < -0.3 is 19.9 Å². The molecule has 2 aliphatic rings. The fourth-order valence-electron chi connectivity index (χ4n) is 4.64. The van der Waals surface area contributed by atoms with E-state index < -0.39 is 5.92 Å². The number of carbonyl (C=O) groups is 1. The molecule has 170 valence electrons. The number of alkyl halides is 2. The minimum Gasteiger partial charge on any atom is -0.387 e. The maximum Gasteiger partial charge on any atom is 0.273 e. The van der Waals surface area contributed by atoms with Crippen molar-refractivity contribution in [3.63, 3.8) is 0 Å². The zero-order valence-electron chi connectivity index (χ0n) is 18.0. The smallest absolute Gasteiger partial charge is 0.273 e. The standard InChI is InChI=1S/C24H27F2N3O3/c1-3-17-21(27-2)19(14-29(23(17)31)16-8-11-32-12-9-16)22(30)28-13-15-5-4-6-20-18(15)7-10-24(20,25)26/h3-6,14,16,27H,1,7-13H2,2H3,(H,28,30). The molecule has 1 aliphatic heterocycles. The van der Waals surface area contributed by atoms with Gasteiger partial charge in [0, 0.05) is 51.0 Å². The Morgan fingerprint density at radius 2 is 2.09 bits per heavy atom. The Morgan fingerprint density at radius 3 is 2.78 bits per heavy atom. The maximum absolute atomic E-state index is 14.1. The van der Waals surface area contributed by atoms with Crippen molar-refractivity contribution in [2.75, 3.05) is 25.6 Å². The zero-order chi connectivity index (χ0) is 22.9. The number of hydrogen-bond acceptors (Lipinski definition) is 4. The van der Waals surface area contributed by atoms with Crippen LogP contribution in [0.4, 0.5) is 14.5 Å². The highest BCUT2D eigenvalue weighted by molar-refractivity contribution is 6.01. The van der Waals surface area contributed by atoms with Crippen LogP contribution in [-0.4, -0.2) is 30.7 Å². The zero-order valence-corrected chi connectivity index (χ0v) is 18.0. The molecule has 1 aromatic carbocycles. The molecule has 1 amide bonds. The molecule has 0 saturated carbocycles. The number of nitrogens with one attached hydrogen (secondary N) is 2. The molecule has 0 unspecified atom stereocenters. The first kappa shape index (κ1) is 22.2.